The summed E-state index contributed by atoms with van der Waals surface area (Å²) in [6, 6.07) is 9.82. The van der Waals surface area contributed by atoms with E-state index in [0.717, 1.165) is 0 Å². The minimum absolute atomic E-state index is 0.161. The number of nitrogens with two attached hydrogens (primary N) is 1. The molecule has 0 aliphatic carbocycles. The minimum atomic E-state index is -1.37. The molecule has 8 nitrogen and oxygen atoms in total. The van der Waals surface area contributed by atoms with Gasteiger partial charge in [0.05, 0.1) is 22.3 Å². The fraction of sp³-hybridized carbons (Fsp3) is 0.111. The number of nitriles is 1. The van der Waals surface area contributed by atoms with E-state index in [1.807, 2.05) is 6.07 Å². The number of aliphatic hydroxyl groups excluding tert-OH is 1. The Labute approximate surface area is 173 Å². The maximum Gasteiger partial charge on any atom is 0.274 e. The molecule has 3 aromatic rings. The molecular weight excluding hydrogens is 448 g/mol. The van der Waals surface area contributed by atoms with Crippen molar-refractivity contribution in [3.05, 3.63) is 68.5 Å². The van der Waals surface area contributed by atoms with Crippen LogP contribution < -0.4 is 11.1 Å². The molecule has 0 radical (unpaired) electrons. The van der Waals surface area contributed by atoms with Crippen molar-refractivity contribution in [3.8, 4) is 11.9 Å². The summed E-state index contributed by atoms with van der Waals surface area (Å²) in [6.45, 7) is 1.70. The highest BCUT2D eigenvalue weighted by Gasteiger charge is 2.21. The van der Waals surface area contributed by atoms with Crippen molar-refractivity contribution in [2.45, 2.75) is 13.2 Å². The van der Waals surface area contributed by atoms with E-state index in [0.29, 0.717) is 26.4 Å². The summed E-state index contributed by atoms with van der Waals surface area (Å²) < 4.78 is 1.72. The number of aromatic nitrogens is 3. The molecular formula is C18H14BrClN6O2. The highest BCUT2D eigenvalue weighted by Crippen LogP contribution is 2.28. The molecule has 1 amide bonds. The molecule has 0 bridgehead atoms. The van der Waals surface area contributed by atoms with Gasteiger partial charge in [-0.25, -0.2) is 9.67 Å². The molecule has 4 N–H and O–H groups in total. The van der Waals surface area contributed by atoms with E-state index in [1.54, 1.807) is 25.1 Å². The number of pyridine rings is 1. The zero-order valence-electron chi connectivity index (χ0n) is 14.5. The van der Waals surface area contributed by atoms with Crippen LogP contribution in [0.15, 0.2) is 41.1 Å². The number of anilines is 1. The number of carbonyl (C=O) groups excluding carboxylic acids is 1. The number of aryl methyl sites for hydroxylation is 1. The first-order chi connectivity index (χ1) is 13.3. The van der Waals surface area contributed by atoms with Crippen LogP contribution in [-0.4, -0.2) is 25.8 Å². The van der Waals surface area contributed by atoms with Gasteiger partial charge in [0.1, 0.15) is 16.5 Å². The second kappa shape index (κ2) is 8.08. The van der Waals surface area contributed by atoms with Gasteiger partial charge in [-0.2, -0.15) is 10.4 Å². The Kier molecular flexibility index (Phi) is 5.76. The summed E-state index contributed by atoms with van der Waals surface area (Å²) in [7, 11) is 0. The van der Waals surface area contributed by atoms with Gasteiger partial charge in [-0.15, -0.1) is 0 Å². The number of rotatable bonds is 4. The largest absolute Gasteiger partial charge is 0.374 e. The minimum Gasteiger partial charge on any atom is -0.374 e. The molecule has 3 rings (SSSR count). The van der Waals surface area contributed by atoms with E-state index in [2.05, 4.69) is 31.3 Å². The van der Waals surface area contributed by atoms with Gasteiger partial charge >= 0.3 is 0 Å². The summed E-state index contributed by atoms with van der Waals surface area (Å²) in [6.07, 6.45) is 0.163. The maximum absolute atomic E-state index is 13.0. The van der Waals surface area contributed by atoms with Crippen molar-refractivity contribution in [1.29, 1.82) is 5.26 Å². The number of carbonyl (C=O) groups is 1. The molecule has 1 aromatic carbocycles. The summed E-state index contributed by atoms with van der Waals surface area (Å²) in [5.41, 5.74) is 7.21. The topological polar surface area (TPSA) is 130 Å². The molecule has 28 heavy (non-hydrogen) atoms. The molecule has 1 atom stereocenters. The van der Waals surface area contributed by atoms with Crippen LogP contribution in [0.1, 0.15) is 33.4 Å². The number of aliphatic hydroxyl groups is 1. The second-order valence-electron chi connectivity index (χ2n) is 5.84. The zero-order chi connectivity index (χ0) is 20.4. The van der Waals surface area contributed by atoms with E-state index < -0.39 is 12.1 Å². The van der Waals surface area contributed by atoms with Gasteiger partial charge in [-0.3, -0.25) is 4.79 Å². The normalized spacial score (nSPS) is 11.7. The van der Waals surface area contributed by atoms with Crippen molar-refractivity contribution < 1.29 is 9.90 Å². The van der Waals surface area contributed by atoms with Crippen molar-refractivity contribution in [2.24, 2.45) is 5.73 Å². The Morgan fingerprint density at radius 3 is 2.86 bits per heavy atom. The molecule has 2 aromatic heterocycles. The van der Waals surface area contributed by atoms with Crippen molar-refractivity contribution in [2.75, 3.05) is 5.32 Å². The number of hydrogen-bond acceptors (Lipinski definition) is 6. The van der Waals surface area contributed by atoms with E-state index >= 15 is 0 Å². The van der Waals surface area contributed by atoms with Crippen LogP contribution >= 0.6 is 27.5 Å². The van der Waals surface area contributed by atoms with Gasteiger partial charge in [-0.05, 0) is 52.7 Å². The Morgan fingerprint density at radius 2 is 2.21 bits per heavy atom. The first-order valence-electron chi connectivity index (χ1n) is 7.98. The second-order valence-corrected chi connectivity index (χ2v) is 7.06. The van der Waals surface area contributed by atoms with E-state index in [1.165, 1.54) is 23.0 Å². The molecule has 142 valence electrons. The summed E-state index contributed by atoms with van der Waals surface area (Å²) in [5.74, 6) is -0.231. The lowest BCUT2D eigenvalue weighted by molar-refractivity contribution is 0.101. The Hall–Kier alpha value is -2.77. The van der Waals surface area contributed by atoms with Crippen LogP contribution in [0.2, 0.25) is 5.02 Å². The van der Waals surface area contributed by atoms with Crippen LogP contribution in [0.3, 0.4) is 0 Å². The Balaban J connectivity index is 2.05. The van der Waals surface area contributed by atoms with Gasteiger partial charge in [0, 0.05) is 17.8 Å². The monoisotopic (exact) mass is 460 g/mol. The van der Waals surface area contributed by atoms with Gasteiger partial charge < -0.3 is 16.2 Å². The third-order valence-corrected chi connectivity index (χ3v) is 4.59. The third kappa shape index (κ3) is 3.90. The van der Waals surface area contributed by atoms with Crippen LogP contribution in [0.4, 0.5) is 5.69 Å². The smallest absolute Gasteiger partial charge is 0.274 e. The number of halogens is 2. The molecule has 2 heterocycles. The van der Waals surface area contributed by atoms with Crippen LogP contribution in [0, 0.1) is 18.3 Å². The van der Waals surface area contributed by atoms with Gasteiger partial charge in [0.2, 0.25) is 0 Å². The number of hydrogen-bond donors (Lipinski definition) is 3. The molecule has 0 spiro atoms. The van der Waals surface area contributed by atoms with E-state index in [4.69, 9.17) is 22.6 Å². The van der Waals surface area contributed by atoms with Crippen molar-refractivity contribution >= 4 is 39.1 Å². The van der Waals surface area contributed by atoms with Gasteiger partial charge in [-0.1, -0.05) is 11.6 Å². The lowest BCUT2D eigenvalue weighted by Gasteiger charge is -2.17. The fourth-order valence-electron chi connectivity index (χ4n) is 2.67. The first kappa shape index (κ1) is 20.0. The number of amides is 1. The zero-order valence-corrected chi connectivity index (χ0v) is 16.9. The maximum atomic E-state index is 13.0. The standard InChI is InChI=1S/C18H14BrClN6O2/c1-9-5-10(8-21)6-11(16(22)27)15(9)24-18(28)13-7-14(19)25-26(13)17-12(20)3-2-4-23-17/h2-7,16,27H,22H2,1H3,(H,24,28). The first-order valence-corrected chi connectivity index (χ1v) is 9.15. The predicted octanol–water partition coefficient (Wildman–Crippen LogP) is 3.07. The SMILES string of the molecule is Cc1cc(C#N)cc(C(N)O)c1NC(=O)c1cc(Br)nn1-c1ncccc1Cl. The lowest BCUT2D eigenvalue weighted by Crippen LogP contribution is -2.21. The molecule has 0 saturated heterocycles. The molecule has 0 fully saturated rings. The molecule has 1 unspecified atom stereocenters. The quantitative estimate of drug-likeness (QED) is 0.512. The molecule has 10 heteroatoms. The third-order valence-electron chi connectivity index (χ3n) is 3.90. The molecule has 0 aliphatic rings. The van der Waals surface area contributed by atoms with Crippen LogP contribution in [0.25, 0.3) is 5.82 Å². The number of benzene rings is 1. The van der Waals surface area contributed by atoms with Crippen molar-refractivity contribution in [3.63, 3.8) is 0 Å². The predicted molar refractivity (Wildman–Crippen MR) is 107 cm³/mol. The summed E-state index contributed by atoms with van der Waals surface area (Å²) >= 11 is 9.43. The highest BCUT2D eigenvalue weighted by atomic mass is 79.9. The van der Waals surface area contributed by atoms with Gasteiger partial charge in [0.25, 0.3) is 5.91 Å². The van der Waals surface area contributed by atoms with Crippen LogP contribution in [-0.2, 0) is 0 Å². The molecule has 0 saturated carbocycles. The lowest BCUT2D eigenvalue weighted by atomic mass is 10.0. The Bertz CT molecular complexity index is 1110. The average molecular weight is 462 g/mol. The summed E-state index contributed by atoms with van der Waals surface area (Å²) in [5, 5.41) is 26.3. The Morgan fingerprint density at radius 1 is 1.46 bits per heavy atom. The number of nitrogens with one attached hydrogen (secondary N) is 1. The van der Waals surface area contributed by atoms with Crippen molar-refractivity contribution in [1.82, 2.24) is 14.8 Å². The van der Waals surface area contributed by atoms with E-state index in [9.17, 15) is 9.90 Å². The van der Waals surface area contributed by atoms with Crippen LogP contribution in [0.5, 0.6) is 0 Å². The average Bonchev–Trinajstić information content (AvgIpc) is 3.04. The van der Waals surface area contributed by atoms with Gasteiger partial charge in [0.15, 0.2) is 5.82 Å². The fourth-order valence-corrected chi connectivity index (χ4v) is 3.25. The van der Waals surface area contributed by atoms with E-state index in [-0.39, 0.29) is 17.1 Å². The highest BCUT2D eigenvalue weighted by molar-refractivity contribution is 9.10. The summed E-state index contributed by atoms with van der Waals surface area (Å²) in [4.78, 5) is 17.1. The number of nitrogens with zero attached hydrogens (tertiary/aromatic N) is 4. The molecule has 0 aliphatic heterocycles.